The van der Waals surface area contributed by atoms with Crippen molar-refractivity contribution in [3.8, 4) is 11.5 Å². The molecule has 0 bridgehead atoms. The first-order chi connectivity index (χ1) is 14.8. The fraction of sp³-hybridized carbons (Fsp3) is 0.304. The molecular formula is C23H25N3O4S. The second-order valence-electron chi connectivity index (χ2n) is 7.98. The van der Waals surface area contributed by atoms with Gasteiger partial charge in [-0.05, 0) is 51.0 Å². The van der Waals surface area contributed by atoms with Gasteiger partial charge in [0.25, 0.3) is 0 Å². The largest absolute Gasteiger partial charge is 0.419 e. The smallest absolute Gasteiger partial charge is 0.236 e. The van der Waals surface area contributed by atoms with Crippen LogP contribution < -0.4 is 10.6 Å². The summed E-state index contributed by atoms with van der Waals surface area (Å²) in [6.45, 7) is 4.80. The SMILES string of the molecule is Cc1ccc(-c2nc(S(=O)(=O)c3ccc(C)cc3)c(N3CCC(C(N)=O)CC3)o2)cc1. The number of sulfone groups is 1. The van der Waals surface area contributed by atoms with E-state index in [9.17, 15) is 13.2 Å². The summed E-state index contributed by atoms with van der Waals surface area (Å²) in [6, 6.07) is 14.2. The predicted octanol–water partition coefficient (Wildman–Crippen LogP) is 3.49. The quantitative estimate of drug-likeness (QED) is 0.652. The van der Waals surface area contributed by atoms with Crippen molar-refractivity contribution < 1.29 is 17.6 Å². The number of anilines is 1. The molecule has 8 heteroatoms. The van der Waals surface area contributed by atoms with E-state index in [1.54, 1.807) is 24.3 Å². The summed E-state index contributed by atoms with van der Waals surface area (Å²) >= 11 is 0. The van der Waals surface area contributed by atoms with Crippen LogP contribution in [0, 0.1) is 19.8 Å². The zero-order valence-corrected chi connectivity index (χ0v) is 18.4. The number of amides is 1. The number of carbonyl (C=O) groups excluding carboxylic acids is 1. The molecule has 3 aromatic rings. The Hall–Kier alpha value is -3.13. The van der Waals surface area contributed by atoms with Gasteiger partial charge in [0.2, 0.25) is 32.5 Å². The zero-order chi connectivity index (χ0) is 22.2. The third-order valence-corrected chi connectivity index (χ3v) is 7.32. The van der Waals surface area contributed by atoms with Gasteiger partial charge >= 0.3 is 0 Å². The second-order valence-corrected chi connectivity index (χ2v) is 9.84. The normalized spacial score (nSPS) is 15.2. The molecule has 0 aliphatic carbocycles. The lowest BCUT2D eigenvalue weighted by Gasteiger charge is -2.30. The van der Waals surface area contributed by atoms with Crippen molar-refractivity contribution in [2.75, 3.05) is 18.0 Å². The summed E-state index contributed by atoms with van der Waals surface area (Å²) in [4.78, 5) is 17.9. The van der Waals surface area contributed by atoms with Gasteiger partial charge in [0, 0.05) is 24.6 Å². The number of piperidine rings is 1. The molecule has 4 rings (SSSR count). The average molecular weight is 440 g/mol. The van der Waals surface area contributed by atoms with E-state index < -0.39 is 9.84 Å². The fourth-order valence-electron chi connectivity index (χ4n) is 3.69. The topological polar surface area (TPSA) is 107 Å². The molecule has 1 saturated heterocycles. The molecular weight excluding hydrogens is 414 g/mol. The van der Waals surface area contributed by atoms with E-state index in [1.807, 2.05) is 43.0 Å². The lowest BCUT2D eigenvalue weighted by Crippen LogP contribution is -2.38. The van der Waals surface area contributed by atoms with E-state index in [0.29, 0.717) is 31.5 Å². The molecule has 1 aromatic heterocycles. The van der Waals surface area contributed by atoms with Gasteiger partial charge in [0.15, 0.2) is 0 Å². The number of oxazole rings is 1. The van der Waals surface area contributed by atoms with E-state index >= 15 is 0 Å². The first-order valence-electron chi connectivity index (χ1n) is 10.2. The summed E-state index contributed by atoms with van der Waals surface area (Å²) in [5.41, 5.74) is 8.19. The molecule has 1 amide bonds. The lowest BCUT2D eigenvalue weighted by atomic mass is 9.96. The van der Waals surface area contributed by atoms with Crippen LogP contribution in [0.4, 0.5) is 5.88 Å². The van der Waals surface area contributed by atoms with Gasteiger partial charge in [0.05, 0.1) is 4.90 Å². The average Bonchev–Trinajstić information content (AvgIpc) is 3.21. The zero-order valence-electron chi connectivity index (χ0n) is 17.5. The third-order valence-electron chi connectivity index (χ3n) is 5.65. The molecule has 0 saturated carbocycles. The van der Waals surface area contributed by atoms with Crippen LogP contribution in [0.3, 0.4) is 0 Å². The number of rotatable bonds is 5. The van der Waals surface area contributed by atoms with Crippen molar-refractivity contribution in [3.05, 3.63) is 59.7 Å². The summed E-state index contributed by atoms with van der Waals surface area (Å²) < 4.78 is 32.9. The minimum atomic E-state index is -3.90. The van der Waals surface area contributed by atoms with E-state index in [4.69, 9.17) is 10.2 Å². The van der Waals surface area contributed by atoms with Gasteiger partial charge in [-0.15, -0.1) is 0 Å². The standard InChI is InChI=1S/C23H25N3O4S/c1-15-3-7-18(8-4-15)21-25-22(31(28,29)19-9-5-16(2)6-10-19)23(30-21)26-13-11-17(12-14-26)20(24)27/h3-10,17H,11-14H2,1-2H3,(H2,24,27). The van der Waals surface area contributed by atoms with Crippen molar-refractivity contribution >= 4 is 21.6 Å². The van der Waals surface area contributed by atoms with Crippen LogP contribution in [-0.4, -0.2) is 32.4 Å². The van der Waals surface area contributed by atoms with Crippen LogP contribution in [0.5, 0.6) is 0 Å². The summed E-state index contributed by atoms with van der Waals surface area (Å²) in [5, 5.41) is -0.107. The number of nitrogens with zero attached hydrogens (tertiary/aromatic N) is 2. The van der Waals surface area contributed by atoms with Crippen molar-refractivity contribution in [1.29, 1.82) is 0 Å². The molecule has 1 aliphatic heterocycles. The van der Waals surface area contributed by atoms with Crippen molar-refractivity contribution in [2.24, 2.45) is 11.7 Å². The summed E-state index contributed by atoms with van der Waals surface area (Å²) in [5.74, 6) is -0.0882. The number of hydrogen-bond donors (Lipinski definition) is 1. The maximum atomic E-state index is 13.5. The number of hydrogen-bond acceptors (Lipinski definition) is 6. The molecule has 0 spiro atoms. The van der Waals surface area contributed by atoms with E-state index in [1.165, 1.54) is 0 Å². The lowest BCUT2D eigenvalue weighted by molar-refractivity contribution is -0.122. The Kier molecular flexibility index (Phi) is 5.58. The van der Waals surface area contributed by atoms with Crippen LogP contribution >= 0.6 is 0 Å². The molecule has 0 radical (unpaired) electrons. The van der Waals surface area contributed by atoms with Gasteiger partial charge in [0.1, 0.15) is 0 Å². The highest BCUT2D eigenvalue weighted by Gasteiger charge is 2.34. The molecule has 7 nitrogen and oxygen atoms in total. The minimum Gasteiger partial charge on any atom is -0.419 e. The van der Waals surface area contributed by atoms with Gasteiger partial charge in [-0.1, -0.05) is 35.4 Å². The molecule has 2 heterocycles. The number of nitrogens with two attached hydrogens (primary N) is 1. The fourth-order valence-corrected chi connectivity index (χ4v) is 5.01. The molecule has 31 heavy (non-hydrogen) atoms. The Bertz CT molecular complexity index is 1190. The molecule has 1 fully saturated rings. The molecule has 0 unspecified atom stereocenters. The van der Waals surface area contributed by atoms with Crippen LogP contribution in [-0.2, 0) is 14.6 Å². The Morgan fingerprint density at radius 1 is 1.00 bits per heavy atom. The minimum absolute atomic E-state index is 0.107. The molecule has 2 N–H and O–H groups in total. The van der Waals surface area contributed by atoms with Crippen molar-refractivity contribution in [1.82, 2.24) is 4.98 Å². The highest BCUT2D eigenvalue weighted by molar-refractivity contribution is 7.91. The van der Waals surface area contributed by atoms with Crippen LogP contribution in [0.25, 0.3) is 11.5 Å². The maximum absolute atomic E-state index is 13.5. The number of benzene rings is 2. The molecule has 162 valence electrons. The predicted molar refractivity (Wildman–Crippen MR) is 117 cm³/mol. The maximum Gasteiger partial charge on any atom is 0.236 e. The molecule has 1 aliphatic rings. The van der Waals surface area contributed by atoms with E-state index in [-0.39, 0.29) is 33.5 Å². The Balaban J connectivity index is 1.78. The second kappa shape index (κ2) is 8.19. The number of primary amides is 1. The number of aryl methyl sites for hydroxylation is 2. The highest BCUT2D eigenvalue weighted by atomic mass is 32.2. The van der Waals surface area contributed by atoms with E-state index in [0.717, 1.165) is 11.1 Å². The van der Waals surface area contributed by atoms with Crippen LogP contribution in [0.15, 0.2) is 62.9 Å². The Morgan fingerprint density at radius 3 is 2.10 bits per heavy atom. The van der Waals surface area contributed by atoms with Gasteiger partial charge in [-0.25, -0.2) is 8.42 Å². The third kappa shape index (κ3) is 4.20. The first kappa shape index (κ1) is 21.1. The van der Waals surface area contributed by atoms with Crippen molar-refractivity contribution in [3.63, 3.8) is 0 Å². The van der Waals surface area contributed by atoms with Crippen molar-refractivity contribution in [2.45, 2.75) is 36.6 Å². The first-order valence-corrected chi connectivity index (χ1v) is 11.7. The highest BCUT2D eigenvalue weighted by Crippen LogP contribution is 2.36. The van der Waals surface area contributed by atoms with Gasteiger partial charge in [-0.3, -0.25) is 4.79 Å². The summed E-state index contributed by atoms with van der Waals surface area (Å²) in [6.07, 6.45) is 1.08. The molecule has 0 atom stereocenters. The monoisotopic (exact) mass is 439 g/mol. The molecule has 2 aromatic carbocycles. The van der Waals surface area contributed by atoms with Crippen LogP contribution in [0.2, 0.25) is 0 Å². The van der Waals surface area contributed by atoms with E-state index in [2.05, 4.69) is 4.98 Å². The number of aromatic nitrogens is 1. The Labute approximate surface area is 181 Å². The number of carbonyl (C=O) groups is 1. The summed E-state index contributed by atoms with van der Waals surface area (Å²) in [7, 11) is -3.90. The van der Waals surface area contributed by atoms with Gasteiger partial charge < -0.3 is 15.1 Å². The van der Waals surface area contributed by atoms with Gasteiger partial charge in [-0.2, -0.15) is 4.98 Å². The Morgan fingerprint density at radius 2 is 1.55 bits per heavy atom. The van der Waals surface area contributed by atoms with Crippen LogP contribution in [0.1, 0.15) is 24.0 Å².